The Hall–Kier alpha value is -2.23. The summed E-state index contributed by atoms with van der Waals surface area (Å²) in [7, 11) is 1.53. The van der Waals surface area contributed by atoms with Crippen molar-refractivity contribution in [1.82, 2.24) is 0 Å². The molecule has 9 atom stereocenters. The van der Waals surface area contributed by atoms with Crippen LogP contribution in [0.15, 0.2) is 35.9 Å². The lowest BCUT2D eigenvalue weighted by Gasteiger charge is -2.63. The number of benzene rings is 1. The second kappa shape index (κ2) is 10.9. The Morgan fingerprint density at radius 2 is 1.70 bits per heavy atom. The van der Waals surface area contributed by atoms with Crippen LogP contribution in [-0.2, 0) is 9.53 Å². The molecule has 5 fully saturated rings. The number of rotatable bonds is 8. The summed E-state index contributed by atoms with van der Waals surface area (Å²) in [5.74, 6) is 3.33. The van der Waals surface area contributed by atoms with Crippen LogP contribution in [0.4, 0.5) is 0 Å². The molecule has 2 spiro atoms. The molecule has 1 aromatic rings. The van der Waals surface area contributed by atoms with E-state index in [1.807, 2.05) is 0 Å². The van der Waals surface area contributed by atoms with Crippen molar-refractivity contribution in [3.05, 3.63) is 41.5 Å². The van der Waals surface area contributed by atoms with E-state index in [9.17, 15) is 9.90 Å². The van der Waals surface area contributed by atoms with Crippen LogP contribution in [0.5, 0.6) is 11.5 Å². The van der Waals surface area contributed by atoms with Gasteiger partial charge in [0.15, 0.2) is 11.5 Å². The monoisotopic (exact) mass is 602 g/mol. The van der Waals surface area contributed by atoms with Crippen LogP contribution in [0.1, 0.15) is 125 Å². The molecule has 0 aliphatic heterocycles. The van der Waals surface area contributed by atoms with Crippen LogP contribution in [0.3, 0.4) is 0 Å². The molecule has 0 aromatic heterocycles. The van der Waals surface area contributed by atoms with Crippen molar-refractivity contribution >= 4 is 12.0 Å². The predicted octanol–water partition coefficient (Wildman–Crippen LogP) is 10.1. The fourth-order valence-corrected chi connectivity index (χ4v) is 12.5. The van der Waals surface area contributed by atoms with Gasteiger partial charge in [0.2, 0.25) is 0 Å². The number of hydrogen-bond acceptors (Lipinski definition) is 4. The minimum atomic E-state index is -0.276. The molecule has 0 heterocycles. The summed E-state index contributed by atoms with van der Waals surface area (Å²) < 4.78 is 11.4. The van der Waals surface area contributed by atoms with Gasteiger partial charge in [-0.15, -0.1) is 0 Å². The topological polar surface area (TPSA) is 55.8 Å². The molecule has 1 N–H and O–H groups in total. The molecule has 0 amide bonds. The molecule has 44 heavy (non-hydrogen) atoms. The highest BCUT2D eigenvalue weighted by Gasteiger charge is 2.82. The zero-order valence-electron chi connectivity index (χ0n) is 28.8. The highest BCUT2D eigenvalue weighted by Crippen LogP contribution is 2.89. The lowest BCUT2D eigenvalue weighted by atomic mass is 9.41. The number of esters is 1. The molecular formula is C40H58O4. The van der Waals surface area contributed by atoms with Gasteiger partial charge in [-0.2, -0.15) is 0 Å². The molecule has 6 rings (SSSR count). The normalized spacial score (nSPS) is 40.6. The Kier molecular flexibility index (Phi) is 7.89. The van der Waals surface area contributed by atoms with E-state index in [2.05, 4.69) is 54.5 Å². The van der Waals surface area contributed by atoms with Gasteiger partial charge < -0.3 is 14.6 Å². The van der Waals surface area contributed by atoms with Gasteiger partial charge in [-0.1, -0.05) is 52.3 Å². The Morgan fingerprint density at radius 3 is 2.43 bits per heavy atom. The number of hydrogen-bond donors (Lipinski definition) is 1. The summed E-state index contributed by atoms with van der Waals surface area (Å²) in [6.07, 6.45) is 20.1. The summed E-state index contributed by atoms with van der Waals surface area (Å²) in [4.78, 5) is 13.1. The Morgan fingerprint density at radius 1 is 0.977 bits per heavy atom. The van der Waals surface area contributed by atoms with Crippen molar-refractivity contribution in [1.29, 1.82) is 0 Å². The number of fused-ring (bicyclic) bond motifs is 2. The Balaban J connectivity index is 1.15. The van der Waals surface area contributed by atoms with Crippen molar-refractivity contribution in [2.45, 2.75) is 125 Å². The molecule has 0 bridgehead atoms. The van der Waals surface area contributed by atoms with Gasteiger partial charge in [0.1, 0.15) is 6.10 Å². The Bertz CT molecular complexity index is 1340. The molecule has 5 saturated carbocycles. The molecule has 4 nitrogen and oxygen atoms in total. The average Bonchev–Trinajstić information content (AvgIpc) is 3.55. The van der Waals surface area contributed by atoms with E-state index in [1.54, 1.807) is 24.3 Å². The number of carbonyl (C=O) groups excluding carboxylic acids is 1. The molecule has 5 aliphatic carbocycles. The van der Waals surface area contributed by atoms with Crippen LogP contribution >= 0.6 is 0 Å². The van der Waals surface area contributed by atoms with E-state index in [-0.39, 0.29) is 23.2 Å². The quantitative estimate of drug-likeness (QED) is 0.183. The summed E-state index contributed by atoms with van der Waals surface area (Å²) in [5.41, 5.74) is 4.08. The number of carbonyl (C=O) groups is 1. The summed E-state index contributed by atoms with van der Waals surface area (Å²) >= 11 is 0. The maximum absolute atomic E-state index is 13.1. The molecule has 0 saturated heterocycles. The first-order chi connectivity index (χ1) is 20.7. The number of ether oxygens (including phenoxy) is 2. The van der Waals surface area contributed by atoms with Crippen molar-refractivity contribution in [3.8, 4) is 11.5 Å². The van der Waals surface area contributed by atoms with Crippen LogP contribution < -0.4 is 4.74 Å². The molecule has 0 radical (unpaired) electrons. The van der Waals surface area contributed by atoms with E-state index in [0.29, 0.717) is 33.3 Å². The molecule has 5 aliphatic rings. The predicted molar refractivity (Wildman–Crippen MR) is 178 cm³/mol. The maximum atomic E-state index is 13.1. The van der Waals surface area contributed by atoms with E-state index < -0.39 is 0 Å². The number of phenols is 1. The highest BCUT2D eigenvalue weighted by molar-refractivity contribution is 5.87. The van der Waals surface area contributed by atoms with Crippen LogP contribution in [0.25, 0.3) is 6.08 Å². The minimum Gasteiger partial charge on any atom is -0.504 e. The van der Waals surface area contributed by atoms with Gasteiger partial charge in [-0.3, -0.25) is 0 Å². The summed E-state index contributed by atoms with van der Waals surface area (Å²) in [6, 6.07) is 5.09. The van der Waals surface area contributed by atoms with Crippen molar-refractivity contribution in [3.63, 3.8) is 0 Å². The van der Waals surface area contributed by atoms with E-state index in [0.717, 1.165) is 29.7 Å². The smallest absolute Gasteiger partial charge is 0.331 e. The van der Waals surface area contributed by atoms with Gasteiger partial charge in [-0.05, 0) is 154 Å². The lowest BCUT2D eigenvalue weighted by molar-refractivity contribution is -0.179. The van der Waals surface area contributed by atoms with E-state index in [4.69, 9.17) is 9.47 Å². The van der Waals surface area contributed by atoms with E-state index in [1.165, 1.54) is 83.0 Å². The van der Waals surface area contributed by atoms with Crippen molar-refractivity contribution in [2.75, 3.05) is 7.11 Å². The highest BCUT2D eigenvalue weighted by atomic mass is 16.5. The van der Waals surface area contributed by atoms with Gasteiger partial charge in [0, 0.05) is 11.5 Å². The first-order valence-electron chi connectivity index (χ1n) is 17.6. The standard InChI is InChI=1S/C40H58O4/c1-26(2)10-9-11-27(3)29-18-20-38(7)33-16-15-32-36(4,5)34(19-21-39(32)25-40(33,39)23-22-37(29,38)6)44-35(42)17-13-28-12-14-30(41)31(24-28)43-8/h10,12-14,17,24,27,29,32-34,41H,9,11,15-16,18-23,25H2,1-8H3. The summed E-state index contributed by atoms with van der Waals surface area (Å²) in [6.45, 7) is 17.2. The molecule has 242 valence electrons. The van der Waals surface area contributed by atoms with Crippen LogP contribution in [0, 0.1) is 50.7 Å². The van der Waals surface area contributed by atoms with Crippen LogP contribution in [-0.4, -0.2) is 24.3 Å². The van der Waals surface area contributed by atoms with Gasteiger partial charge in [0.25, 0.3) is 0 Å². The van der Waals surface area contributed by atoms with Gasteiger partial charge in [-0.25, -0.2) is 4.79 Å². The third-order valence-corrected chi connectivity index (χ3v) is 14.8. The van der Waals surface area contributed by atoms with Crippen molar-refractivity contribution < 1.29 is 19.4 Å². The first kappa shape index (κ1) is 31.7. The third-order valence-electron chi connectivity index (χ3n) is 14.8. The maximum Gasteiger partial charge on any atom is 0.331 e. The van der Waals surface area contributed by atoms with Crippen LogP contribution in [0.2, 0.25) is 0 Å². The van der Waals surface area contributed by atoms with Gasteiger partial charge in [0.05, 0.1) is 7.11 Å². The number of allylic oxidation sites excluding steroid dienone is 2. The second-order valence-electron chi connectivity index (χ2n) is 17.0. The largest absolute Gasteiger partial charge is 0.504 e. The fraction of sp³-hybridized carbons (Fsp3) is 0.725. The summed E-state index contributed by atoms with van der Waals surface area (Å²) in [5, 5.41) is 9.88. The SMILES string of the molecule is COc1cc(C=CC(=O)OC2CCC34CC35CCC3(C)C(C(C)CCC=C(C)C)CCC3(C)C5CCC4C2(C)C)ccc1O. The van der Waals surface area contributed by atoms with Crippen molar-refractivity contribution in [2.24, 2.45) is 50.7 Å². The average molecular weight is 603 g/mol. The second-order valence-corrected chi connectivity index (χ2v) is 17.0. The Labute approximate surface area is 267 Å². The zero-order chi connectivity index (χ0) is 31.7. The van der Waals surface area contributed by atoms with Gasteiger partial charge >= 0.3 is 5.97 Å². The minimum absolute atomic E-state index is 0.0305. The fourth-order valence-electron chi connectivity index (χ4n) is 12.5. The molecule has 4 heteroatoms. The molecule has 9 unspecified atom stereocenters. The third kappa shape index (κ3) is 4.62. The molecule has 1 aromatic carbocycles. The zero-order valence-corrected chi connectivity index (χ0v) is 28.8. The first-order valence-corrected chi connectivity index (χ1v) is 17.6. The number of aromatic hydroxyl groups is 1. The number of phenolic OH excluding ortho intramolecular Hbond substituents is 1. The van der Waals surface area contributed by atoms with E-state index >= 15 is 0 Å². The molecular weight excluding hydrogens is 544 g/mol. The lowest BCUT2D eigenvalue weighted by Crippen LogP contribution is -2.58. The number of methoxy groups -OCH3 is 1.